The summed E-state index contributed by atoms with van der Waals surface area (Å²) in [6, 6.07) is 12.1. The molecule has 1 aromatic heterocycles. The van der Waals surface area contributed by atoms with Gasteiger partial charge in [-0.3, -0.25) is 9.78 Å². The van der Waals surface area contributed by atoms with Crippen LogP contribution >= 0.6 is 11.6 Å². The number of rotatable bonds is 4. The minimum Gasteiger partial charge on any atom is -0.333 e. The lowest BCUT2D eigenvalue weighted by Gasteiger charge is -2.17. The van der Waals surface area contributed by atoms with E-state index >= 15 is 0 Å². The molecule has 3 rings (SSSR count). The van der Waals surface area contributed by atoms with Gasteiger partial charge in [0, 0.05) is 29.9 Å². The number of carbonyl (C=O) groups is 2. The summed E-state index contributed by atoms with van der Waals surface area (Å²) in [7, 11) is 0. The van der Waals surface area contributed by atoms with E-state index in [1.165, 1.54) is 0 Å². The maximum Gasteiger partial charge on any atom is 0.315 e. The number of pyridine rings is 1. The Hall–Kier alpha value is -2.60. The second-order valence-electron chi connectivity index (χ2n) is 5.53. The molecule has 0 aliphatic carbocycles. The van der Waals surface area contributed by atoms with Gasteiger partial charge in [0.15, 0.2) is 0 Å². The maximum atomic E-state index is 12.1. The second-order valence-corrected chi connectivity index (χ2v) is 5.97. The molecule has 7 heteroatoms. The average Bonchev–Trinajstić information content (AvgIpc) is 2.95. The van der Waals surface area contributed by atoms with E-state index in [1.807, 2.05) is 18.2 Å². The number of anilines is 1. The number of aromatic nitrogens is 1. The number of halogens is 1. The van der Waals surface area contributed by atoms with Crippen LogP contribution in [0.1, 0.15) is 12.1 Å². The van der Waals surface area contributed by atoms with Gasteiger partial charge in [-0.1, -0.05) is 17.7 Å². The third kappa shape index (κ3) is 4.02. The van der Waals surface area contributed by atoms with E-state index in [2.05, 4.69) is 15.6 Å². The highest BCUT2D eigenvalue weighted by Gasteiger charge is 2.31. The molecule has 124 valence electrons. The smallest absolute Gasteiger partial charge is 0.315 e. The maximum absolute atomic E-state index is 12.1. The summed E-state index contributed by atoms with van der Waals surface area (Å²) < 4.78 is 0. The summed E-state index contributed by atoms with van der Waals surface area (Å²) in [4.78, 5) is 29.9. The van der Waals surface area contributed by atoms with Crippen LogP contribution in [0.3, 0.4) is 0 Å². The number of nitrogens with one attached hydrogen (secondary N) is 2. The number of urea groups is 1. The summed E-state index contributed by atoms with van der Waals surface area (Å²) in [5, 5.41) is 6.19. The lowest BCUT2D eigenvalue weighted by molar-refractivity contribution is -0.117. The topological polar surface area (TPSA) is 74.3 Å². The molecule has 0 unspecified atom stereocenters. The molecule has 1 fully saturated rings. The quantitative estimate of drug-likeness (QED) is 0.894. The molecule has 24 heavy (non-hydrogen) atoms. The van der Waals surface area contributed by atoms with Crippen molar-refractivity contribution in [3.63, 3.8) is 0 Å². The van der Waals surface area contributed by atoms with Crippen LogP contribution in [0.15, 0.2) is 48.7 Å². The van der Waals surface area contributed by atoms with E-state index < -0.39 is 0 Å². The molecule has 6 nitrogen and oxygen atoms in total. The zero-order chi connectivity index (χ0) is 16.9. The van der Waals surface area contributed by atoms with Gasteiger partial charge in [0.2, 0.25) is 5.91 Å². The first-order chi connectivity index (χ1) is 11.6. The predicted octanol–water partition coefficient (Wildman–Crippen LogP) is 2.34. The number of amides is 3. The standard InChI is InChI=1S/C17H17ClN4O2/c18-12-4-6-15(7-5-12)22-11-14(9-16(22)23)21-17(24)20-10-13-3-1-2-8-19-13/h1-8,14H,9-11H2,(H2,20,21,24)/t14-/m0/s1. The number of benzene rings is 1. The van der Waals surface area contributed by atoms with Crippen molar-refractivity contribution >= 4 is 29.2 Å². The van der Waals surface area contributed by atoms with Crippen molar-refractivity contribution in [2.45, 2.75) is 19.0 Å². The van der Waals surface area contributed by atoms with Crippen LogP contribution in [-0.4, -0.2) is 29.5 Å². The number of nitrogens with zero attached hydrogens (tertiary/aromatic N) is 2. The van der Waals surface area contributed by atoms with Crippen LogP contribution in [-0.2, 0) is 11.3 Å². The summed E-state index contributed by atoms with van der Waals surface area (Å²) in [5.41, 5.74) is 1.56. The zero-order valence-electron chi connectivity index (χ0n) is 12.9. The first kappa shape index (κ1) is 16.3. The third-order valence-corrected chi connectivity index (χ3v) is 4.01. The molecule has 1 atom stereocenters. The largest absolute Gasteiger partial charge is 0.333 e. The van der Waals surface area contributed by atoms with E-state index in [1.54, 1.807) is 35.4 Å². The summed E-state index contributed by atoms with van der Waals surface area (Å²) in [5.74, 6) is -0.0210. The Morgan fingerprint density at radius 2 is 2.04 bits per heavy atom. The molecule has 2 heterocycles. The van der Waals surface area contributed by atoms with Gasteiger partial charge < -0.3 is 15.5 Å². The van der Waals surface area contributed by atoms with E-state index in [9.17, 15) is 9.59 Å². The van der Waals surface area contributed by atoms with E-state index in [4.69, 9.17) is 11.6 Å². The highest BCUT2D eigenvalue weighted by molar-refractivity contribution is 6.30. The normalized spacial score (nSPS) is 17.0. The summed E-state index contributed by atoms with van der Waals surface area (Å²) in [6.45, 7) is 0.783. The Kier molecular flexibility index (Phi) is 4.96. The molecule has 0 spiro atoms. The molecule has 1 aliphatic rings. The summed E-state index contributed by atoms with van der Waals surface area (Å²) >= 11 is 5.86. The Morgan fingerprint density at radius 1 is 1.25 bits per heavy atom. The van der Waals surface area contributed by atoms with Gasteiger partial charge in [0.25, 0.3) is 0 Å². The van der Waals surface area contributed by atoms with Crippen LogP contribution in [0.2, 0.25) is 5.02 Å². The molecule has 3 amide bonds. The first-order valence-corrected chi connectivity index (χ1v) is 8.00. The van der Waals surface area contributed by atoms with Gasteiger partial charge in [-0.25, -0.2) is 4.79 Å². The minimum absolute atomic E-state index is 0.0210. The SMILES string of the molecule is O=C(NCc1ccccn1)N[C@H]1CC(=O)N(c2ccc(Cl)cc2)C1. The molecule has 2 N–H and O–H groups in total. The molecular formula is C17H17ClN4O2. The minimum atomic E-state index is -0.309. The van der Waals surface area contributed by atoms with Crippen LogP contribution in [0.5, 0.6) is 0 Å². The first-order valence-electron chi connectivity index (χ1n) is 7.62. The molecule has 2 aromatic rings. The van der Waals surface area contributed by atoms with E-state index in [0.29, 0.717) is 18.1 Å². The van der Waals surface area contributed by atoms with Gasteiger partial charge in [-0.15, -0.1) is 0 Å². The van der Waals surface area contributed by atoms with Crippen molar-refractivity contribution in [3.05, 3.63) is 59.4 Å². The predicted molar refractivity (Wildman–Crippen MR) is 91.8 cm³/mol. The van der Waals surface area contributed by atoms with Crippen LogP contribution in [0.4, 0.5) is 10.5 Å². The van der Waals surface area contributed by atoms with Crippen LogP contribution < -0.4 is 15.5 Å². The lowest BCUT2D eigenvalue weighted by atomic mass is 10.2. The second kappa shape index (κ2) is 7.31. The number of hydrogen-bond donors (Lipinski definition) is 2. The number of carbonyl (C=O) groups excluding carboxylic acids is 2. The van der Waals surface area contributed by atoms with Crippen molar-refractivity contribution in [1.29, 1.82) is 0 Å². The Balaban J connectivity index is 1.52. The van der Waals surface area contributed by atoms with Gasteiger partial charge in [-0.05, 0) is 36.4 Å². The fourth-order valence-electron chi connectivity index (χ4n) is 2.58. The average molecular weight is 345 g/mol. The molecule has 1 aromatic carbocycles. The molecule has 0 bridgehead atoms. The third-order valence-electron chi connectivity index (χ3n) is 3.75. The van der Waals surface area contributed by atoms with Crippen molar-refractivity contribution < 1.29 is 9.59 Å². The van der Waals surface area contributed by atoms with Crippen molar-refractivity contribution in [2.24, 2.45) is 0 Å². The van der Waals surface area contributed by atoms with Crippen LogP contribution in [0, 0.1) is 0 Å². The monoisotopic (exact) mass is 344 g/mol. The lowest BCUT2D eigenvalue weighted by Crippen LogP contribution is -2.43. The molecular weight excluding hydrogens is 328 g/mol. The van der Waals surface area contributed by atoms with Gasteiger partial charge in [0.1, 0.15) is 0 Å². The highest BCUT2D eigenvalue weighted by Crippen LogP contribution is 2.23. The summed E-state index contributed by atoms with van der Waals surface area (Å²) in [6.07, 6.45) is 1.95. The molecule has 0 radical (unpaired) electrons. The Bertz CT molecular complexity index is 721. The molecule has 1 saturated heterocycles. The zero-order valence-corrected chi connectivity index (χ0v) is 13.7. The fourth-order valence-corrected chi connectivity index (χ4v) is 2.71. The molecule has 1 aliphatic heterocycles. The van der Waals surface area contributed by atoms with E-state index in [0.717, 1.165) is 11.4 Å². The fraction of sp³-hybridized carbons (Fsp3) is 0.235. The molecule has 0 saturated carbocycles. The Labute approximate surface area is 144 Å². The van der Waals surface area contributed by atoms with Crippen molar-refractivity contribution in [1.82, 2.24) is 15.6 Å². The number of hydrogen-bond acceptors (Lipinski definition) is 3. The Morgan fingerprint density at radius 3 is 2.75 bits per heavy atom. The van der Waals surface area contributed by atoms with Crippen molar-refractivity contribution in [3.8, 4) is 0 Å². The van der Waals surface area contributed by atoms with Gasteiger partial charge in [0.05, 0.1) is 18.3 Å². The highest BCUT2D eigenvalue weighted by atomic mass is 35.5. The van der Waals surface area contributed by atoms with Gasteiger partial charge in [-0.2, -0.15) is 0 Å². The van der Waals surface area contributed by atoms with Crippen LogP contribution in [0.25, 0.3) is 0 Å². The van der Waals surface area contributed by atoms with Gasteiger partial charge >= 0.3 is 6.03 Å². The van der Waals surface area contributed by atoms with Crippen molar-refractivity contribution in [2.75, 3.05) is 11.4 Å². The van der Waals surface area contributed by atoms with E-state index in [-0.39, 0.29) is 24.4 Å².